The van der Waals surface area contributed by atoms with Gasteiger partial charge in [-0.05, 0) is 27.2 Å². The standard InChI is InChI=1S/C11H21NO2/c1-5-11(3,4)12-9-7-8-10(13)14-6-2/h7-8,12H,5-6,9H2,1-4H3/b8-7+. The van der Waals surface area contributed by atoms with Crippen molar-refractivity contribution in [3.8, 4) is 0 Å². The Kier molecular flexibility index (Phi) is 6.21. The van der Waals surface area contributed by atoms with Gasteiger partial charge in [0.1, 0.15) is 0 Å². The van der Waals surface area contributed by atoms with Crippen molar-refractivity contribution >= 4 is 5.97 Å². The maximum atomic E-state index is 10.9. The first kappa shape index (κ1) is 13.2. The van der Waals surface area contributed by atoms with E-state index in [2.05, 4.69) is 26.1 Å². The van der Waals surface area contributed by atoms with Crippen LogP contribution in [0, 0.1) is 0 Å². The van der Waals surface area contributed by atoms with Crippen molar-refractivity contribution in [2.45, 2.75) is 39.7 Å². The van der Waals surface area contributed by atoms with E-state index in [1.54, 1.807) is 13.0 Å². The average Bonchev–Trinajstić information content (AvgIpc) is 2.13. The second kappa shape index (κ2) is 6.60. The van der Waals surface area contributed by atoms with Crippen molar-refractivity contribution < 1.29 is 9.53 Å². The summed E-state index contributed by atoms with van der Waals surface area (Å²) < 4.78 is 4.75. The SMILES string of the molecule is CCOC(=O)/C=C/CNC(C)(C)CC. The van der Waals surface area contributed by atoms with Crippen LogP contribution >= 0.6 is 0 Å². The van der Waals surface area contributed by atoms with Crippen LogP contribution in [-0.4, -0.2) is 24.7 Å². The number of hydrogen-bond donors (Lipinski definition) is 1. The fourth-order valence-electron chi connectivity index (χ4n) is 0.806. The minimum absolute atomic E-state index is 0.124. The number of esters is 1. The molecule has 0 aromatic carbocycles. The molecule has 3 heteroatoms. The second-order valence-electron chi connectivity index (χ2n) is 3.77. The van der Waals surface area contributed by atoms with Crippen LogP contribution < -0.4 is 5.32 Å². The van der Waals surface area contributed by atoms with Gasteiger partial charge in [-0.3, -0.25) is 0 Å². The molecule has 0 rings (SSSR count). The van der Waals surface area contributed by atoms with Gasteiger partial charge in [-0.2, -0.15) is 0 Å². The van der Waals surface area contributed by atoms with E-state index in [0.717, 1.165) is 6.42 Å². The number of nitrogens with one attached hydrogen (secondary N) is 1. The Bertz CT molecular complexity index is 197. The summed E-state index contributed by atoms with van der Waals surface area (Å²) in [5.41, 5.74) is 0.124. The van der Waals surface area contributed by atoms with Crippen LogP contribution in [0.5, 0.6) is 0 Å². The summed E-state index contributed by atoms with van der Waals surface area (Å²) in [6, 6.07) is 0. The van der Waals surface area contributed by atoms with Gasteiger partial charge in [-0.1, -0.05) is 13.0 Å². The molecule has 0 atom stereocenters. The molecule has 0 saturated heterocycles. The van der Waals surface area contributed by atoms with Crippen molar-refractivity contribution in [2.75, 3.05) is 13.2 Å². The summed E-state index contributed by atoms with van der Waals surface area (Å²) in [6.45, 7) is 9.30. The van der Waals surface area contributed by atoms with E-state index in [9.17, 15) is 4.79 Å². The van der Waals surface area contributed by atoms with Crippen molar-refractivity contribution in [3.63, 3.8) is 0 Å². The smallest absolute Gasteiger partial charge is 0.330 e. The Labute approximate surface area is 86.5 Å². The highest BCUT2D eigenvalue weighted by atomic mass is 16.5. The van der Waals surface area contributed by atoms with Crippen molar-refractivity contribution in [1.82, 2.24) is 5.32 Å². The Morgan fingerprint density at radius 1 is 1.43 bits per heavy atom. The molecule has 0 amide bonds. The molecule has 1 N–H and O–H groups in total. The minimum Gasteiger partial charge on any atom is -0.463 e. The van der Waals surface area contributed by atoms with E-state index in [1.165, 1.54) is 6.08 Å². The van der Waals surface area contributed by atoms with Crippen LogP contribution in [0.4, 0.5) is 0 Å². The predicted octanol–water partition coefficient (Wildman–Crippen LogP) is 1.88. The van der Waals surface area contributed by atoms with Crippen molar-refractivity contribution in [3.05, 3.63) is 12.2 Å². The van der Waals surface area contributed by atoms with Gasteiger partial charge in [-0.25, -0.2) is 4.79 Å². The molecule has 0 unspecified atom stereocenters. The molecular weight excluding hydrogens is 178 g/mol. The van der Waals surface area contributed by atoms with Crippen LogP contribution in [-0.2, 0) is 9.53 Å². The fraction of sp³-hybridized carbons (Fsp3) is 0.727. The first-order valence-electron chi connectivity index (χ1n) is 5.10. The van der Waals surface area contributed by atoms with Gasteiger partial charge in [0.15, 0.2) is 0 Å². The van der Waals surface area contributed by atoms with Crippen LogP contribution in [0.2, 0.25) is 0 Å². The molecule has 0 radical (unpaired) electrons. The fourth-order valence-corrected chi connectivity index (χ4v) is 0.806. The lowest BCUT2D eigenvalue weighted by Gasteiger charge is -2.23. The summed E-state index contributed by atoms with van der Waals surface area (Å²) in [6.07, 6.45) is 4.30. The average molecular weight is 199 g/mol. The van der Waals surface area contributed by atoms with E-state index in [4.69, 9.17) is 4.74 Å². The van der Waals surface area contributed by atoms with Gasteiger partial charge in [0.2, 0.25) is 0 Å². The summed E-state index contributed by atoms with van der Waals surface area (Å²) in [5.74, 6) is -0.274. The van der Waals surface area contributed by atoms with Gasteiger partial charge < -0.3 is 10.1 Å². The summed E-state index contributed by atoms with van der Waals surface area (Å²) >= 11 is 0. The third-order valence-corrected chi connectivity index (χ3v) is 2.12. The molecule has 0 aromatic heterocycles. The van der Waals surface area contributed by atoms with Crippen LogP contribution in [0.15, 0.2) is 12.2 Å². The van der Waals surface area contributed by atoms with Gasteiger partial charge in [0.05, 0.1) is 6.61 Å². The molecule has 0 spiro atoms. The first-order chi connectivity index (χ1) is 6.52. The number of carbonyl (C=O) groups excluding carboxylic acids is 1. The minimum atomic E-state index is -0.274. The van der Waals surface area contributed by atoms with Crippen LogP contribution in [0.3, 0.4) is 0 Å². The van der Waals surface area contributed by atoms with E-state index in [-0.39, 0.29) is 11.5 Å². The maximum absolute atomic E-state index is 10.9. The summed E-state index contributed by atoms with van der Waals surface area (Å²) in [4.78, 5) is 10.9. The van der Waals surface area contributed by atoms with Gasteiger partial charge in [0, 0.05) is 18.2 Å². The number of rotatable bonds is 6. The van der Waals surface area contributed by atoms with Gasteiger partial charge in [0.25, 0.3) is 0 Å². The monoisotopic (exact) mass is 199 g/mol. The van der Waals surface area contributed by atoms with Gasteiger partial charge >= 0.3 is 5.97 Å². The van der Waals surface area contributed by atoms with E-state index >= 15 is 0 Å². The molecule has 82 valence electrons. The quantitative estimate of drug-likeness (QED) is 0.524. The molecule has 0 saturated carbocycles. The third-order valence-electron chi connectivity index (χ3n) is 2.12. The largest absolute Gasteiger partial charge is 0.463 e. The Hall–Kier alpha value is -0.830. The lowest BCUT2D eigenvalue weighted by Crippen LogP contribution is -2.38. The normalized spacial score (nSPS) is 12.0. The maximum Gasteiger partial charge on any atom is 0.330 e. The highest BCUT2D eigenvalue weighted by Gasteiger charge is 2.11. The van der Waals surface area contributed by atoms with Crippen LogP contribution in [0.25, 0.3) is 0 Å². The highest BCUT2D eigenvalue weighted by molar-refractivity contribution is 5.81. The molecule has 0 aliphatic carbocycles. The molecular formula is C11H21NO2. The lowest BCUT2D eigenvalue weighted by atomic mass is 10.0. The second-order valence-corrected chi connectivity index (χ2v) is 3.77. The van der Waals surface area contributed by atoms with Crippen molar-refractivity contribution in [2.24, 2.45) is 0 Å². The third kappa shape index (κ3) is 6.66. The topological polar surface area (TPSA) is 38.3 Å². The molecule has 0 aliphatic rings. The Balaban J connectivity index is 3.68. The molecule has 0 aromatic rings. The predicted molar refractivity (Wildman–Crippen MR) is 58.1 cm³/mol. The molecule has 0 heterocycles. The van der Waals surface area contributed by atoms with E-state index in [1.807, 2.05) is 0 Å². The molecule has 0 aliphatic heterocycles. The molecule has 14 heavy (non-hydrogen) atoms. The zero-order chi connectivity index (χ0) is 11.0. The highest BCUT2D eigenvalue weighted by Crippen LogP contribution is 2.05. The number of carbonyl (C=O) groups is 1. The first-order valence-corrected chi connectivity index (χ1v) is 5.10. The lowest BCUT2D eigenvalue weighted by molar-refractivity contribution is -0.137. The van der Waals surface area contributed by atoms with E-state index < -0.39 is 0 Å². The number of hydrogen-bond acceptors (Lipinski definition) is 3. The zero-order valence-corrected chi connectivity index (χ0v) is 9.59. The molecule has 0 bridgehead atoms. The summed E-state index contributed by atoms with van der Waals surface area (Å²) in [7, 11) is 0. The summed E-state index contributed by atoms with van der Waals surface area (Å²) in [5, 5.41) is 3.31. The number of ether oxygens (including phenoxy) is 1. The van der Waals surface area contributed by atoms with E-state index in [0.29, 0.717) is 13.2 Å². The van der Waals surface area contributed by atoms with Crippen LogP contribution in [0.1, 0.15) is 34.1 Å². The Morgan fingerprint density at radius 2 is 2.07 bits per heavy atom. The van der Waals surface area contributed by atoms with Crippen molar-refractivity contribution in [1.29, 1.82) is 0 Å². The molecule has 3 nitrogen and oxygen atoms in total. The zero-order valence-electron chi connectivity index (χ0n) is 9.59. The van der Waals surface area contributed by atoms with Gasteiger partial charge in [-0.15, -0.1) is 0 Å². The molecule has 0 fully saturated rings. The Morgan fingerprint density at radius 3 is 2.57 bits per heavy atom.